The second kappa shape index (κ2) is 2.37. The lowest BCUT2D eigenvalue weighted by atomic mass is 10.3. The summed E-state index contributed by atoms with van der Waals surface area (Å²) in [5, 5.41) is 5.05. The predicted molar refractivity (Wildman–Crippen MR) is 52.6 cm³/mol. The molecular weight excluding hydrogens is 253 g/mol. The summed E-state index contributed by atoms with van der Waals surface area (Å²) < 4.78 is 1.18. The van der Waals surface area contributed by atoms with E-state index in [2.05, 4.69) is 27.7 Å². The van der Waals surface area contributed by atoms with E-state index >= 15 is 0 Å². The predicted octanol–water partition coefficient (Wildman–Crippen LogP) is 1.35. The molecule has 0 aliphatic carbocycles. The van der Waals surface area contributed by atoms with Crippen LogP contribution in [0.1, 0.15) is 0 Å². The van der Waals surface area contributed by atoms with E-state index in [1.807, 2.05) is 18.2 Å². The van der Waals surface area contributed by atoms with Crippen molar-refractivity contribution < 1.29 is 0 Å². The number of aromatic nitrogens is 2. The minimum atomic E-state index is 0.969. The van der Waals surface area contributed by atoms with Gasteiger partial charge in [0.1, 0.15) is 0 Å². The number of rotatable bonds is 0. The van der Waals surface area contributed by atoms with Crippen LogP contribution in [0.5, 0.6) is 0 Å². The Morgan fingerprint density at radius 1 is 1.45 bits per heavy atom. The molecule has 0 unspecified atom stereocenters. The summed E-state index contributed by atoms with van der Waals surface area (Å²) in [6.07, 6.45) is 1.77. The van der Waals surface area contributed by atoms with Crippen LogP contribution in [-0.4, -0.2) is 9.89 Å². The molecule has 0 amide bonds. The maximum atomic E-state index is 5.55. The zero-order valence-electron chi connectivity index (χ0n) is 5.66. The average molecular weight is 259 g/mol. The van der Waals surface area contributed by atoms with Gasteiger partial charge in [-0.3, -0.25) is 0 Å². The molecule has 0 fully saturated rings. The van der Waals surface area contributed by atoms with Crippen LogP contribution in [0.2, 0.25) is 0 Å². The van der Waals surface area contributed by atoms with Crippen molar-refractivity contribution in [3.63, 3.8) is 0 Å². The molecule has 0 aliphatic heterocycles. The second-order valence-corrected chi connectivity index (χ2v) is 3.42. The fourth-order valence-electron chi connectivity index (χ4n) is 1.04. The van der Waals surface area contributed by atoms with Crippen LogP contribution in [0.25, 0.3) is 10.9 Å². The molecule has 0 spiro atoms. The summed E-state index contributed by atoms with van der Waals surface area (Å²) in [4.78, 5) is 1.39. The van der Waals surface area contributed by atoms with E-state index in [1.54, 1.807) is 6.20 Å². The Hall–Kier alpha value is -0.780. The second-order valence-electron chi connectivity index (χ2n) is 2.26. The maximum absolute atomic E-state index is 5.55. The first-order valence-corrected chi connectivity index (χ1v) is 4.24. The van der Waals surface area contributed by atoms with Gasteiger partial charge in [-0.05, 0) is 34.7 Å². The van der Waals surface area contributed by atoms with Crippen LogP contribution < -0.4 is 5.84 Å². The van der Waals surface area contributed by atoms with Gasteiger partial charge >= 0.3 is 0 Å². The Kier molecular flexibility index (Phi) is 1.49. The van der Waals surface area contributed by atoms with Gasteiger partial charge in [0, 0.05) is 8.96 Å². The first-order valence-electron chi connectivity index (χ1n) is 3.16. The van der Waals surface area contributed by atoms with Gasteiger partial charge in [0.15, 0.2) is 0 Å². The van der Waals surface area contributed by atoms with Gasteiger partial charge in [0.2, 0.25) is 0 Å². The Bertz CT molecular complexity index is 393. The molecule has 11 heavy (non-hydrogen) atoms. The van der Waals surface area contributed by atoms with E-state index in [1.165, 1.54) is 8.36 Å². The van der Waals surface area contributed by atoms with E-state index in [4.69, 9.17) is 5.84 Å². The number of benzene rings is 1. The van der Waals surface area contributed by atoms with Crippen LogP contribution >= 0.6 is 22.6 Å². The van der Waals surface area contributed by atoms with Crippen molar-refractivity contribution in [2.45, 2.75) is 0 Å². The fraction of sp³-hybridized carbons (Fsp3) is 0. The summed E-state index contributed by atoms with van der Waals surface area (Å²) in [6, 6.07) is 5.95. The van der Waals surface area contributed by atoms with Crippen molar-refractivity contribution in [2.24, 2.45) is 0 Å². The highest BCUT2D eigenvalue weighted by molar-refractivity contribution is 14.1. The zero-order valence-corrected chi connectivity index (χ0v) is 7.82. The molecule has 2 aromatic rings. The van der Waals surface area contributed by atoms with Gasteiger partial charge in [-0.2, -0.15) is 9.89 Å². The summed E-state index contributed by atoms with van der Waals surface area (Å²) in [7, 11) is 0. The quantitative estimate of drug-likeness (QED) is 0.573. The molecule has 0 saturated carbocycles. The van der Waals surface area contributed by atoms with Crippen LogP contribution in [0.15, 0.2) is 24.4 Å². The number of hydrogen-bond donors (Lipinski definition) is 1. The van der Waals surface area contributed by atoms with Gasteiger partial charge in [0.05, 0.1) is 11.7 Å². The van der Waals surface area contributed by atoms with Gasteiger partial charge in [0.25, 0.3) is 0 Å². The fourth-order valence-corrected chi connectivity index (χ4v) is 1.66. The SMILES string of the molecule is Nn1ncc2c(I)cccc21. The molecular formula is C7H6IN3. The van der Waals surface area contributed by atoms with Crippen molar-refractivity contribution in [3.05, 3.63) is 28.0 Å². The molecule has 0 atom stereocenters. The molecule has 4 heteroatoms. The number of nitrogen functional groups attached to an aromatic ring is 1. The van der Waals surface area contributed by atoms with Crippen LogP contribution in [-0.2, 0) is 0 Å². The van der Waals surface area contributed by atoms with Crippen LogP contribution in [0.3, 0.4) is 0 Å². The maximum Gasteiger partial charge on any atom is 0.0926 e. The number of nitrogens with zero attached hydrogens (tertiary/aromatic N) is 2. The first kappa shape index (κ1) is 6.90. The molecule has 56 valence electrons. The highest BCUT2D eigenvalue weighted by Gasteiger charge is 2.00. The Morgan fingerprint density at radius 3 is 3.00 bits per heavy atom. The number of fused-ring (bicyclic) bond motifs is 1. The molecule has 0 saturated heterocycles. The topological polar surface area (TPSA) is 43.8 Å². The largest absolute Gasteiger partial charge is 0.323 e. The normalized spacial score (nSPS) is 10.6. The highest BCUT2D eigenvalue weighted by Crippen LogP contribution is 2.18. The monoisotopic (exact) mass is 259 g/mol. The number of nitrogens with two attached hydrogens (primary N) is 1. The molecule has 0 radical (unpaired) electrons. The van der Waals surface area contributed by atoms with E-state index in [0.29, 0.717) is 0 Å². The third kappa shape index (κ3) is 0.973. The smallest absolute Gasteiger partial charge is 0.0926 e. The lowest BCUT2D eigenvalue weighted by Gasteiger charge is -1.93. The van der Waals surface area contributed by atoms with Gasteiger partial charge < -0.3 is 5.84 Å². The molecule has 1 aromatic carbocycles. The summed E-state index contributed by atoms with van der Waals surface area (Å²) in [5.74, 6) is 5.55. The van der Waals surface area contributed by atoms with Gasteiger partial charge in [-0.25, -0.2) is 0 Å². The minimum absolute atomic E-state index is 0.969. The summed E-state index contributed by atoms with van der Waals surface area (Å²) in [6.45, 7) is 0. The van der Waals surface area contributed by atoms with Crippen molar-refractivity contribution in [2.75, 3.05) is 5.84 Å². The molecule has 0 aliphatic rings. The molecule has 0 bridgehead atoms. The van der Waals surface area contributed by atoms with E-state index < -0.39 is 0 Å². The third-order valence-electron chi connectivity index (χ3n) is 1.59. The average Bonchev–Trinajstić information content (AvgIpc) is 2.35. The molecule has 1 heterocycles. The van der Waals surface area contributed by atoms with Crippen molar-refractivity contribution in [1.82, 2.24) is 9.89 Å². The van der Waals surface area contributed by atoms with E-state index in [-0.39, 0.29) is 0 Å². The first-order chi connectivity index (χ1) is 5.29. The molecule has 2 rings (SSSR count). The standard InChI is InChI=1S/C7H6IN3/c8-6-2-1-3-7-5(6)4-10-11(7)9/h1-4H,9H2. The van der Waals surface area contributed by atoms with Gasteiger partial charge in [-0.1, -0.05) is 6.07 Å². The zero-order chi connectivity index (χ0) is 7.84. The van der Waals surface area contributed by atoms with Crippen molar-refractivity contribution >= 4 is 33.5 Å². The Balaban J connectivity index is 2.94. The lowest BCUT2D eigenvalue weighted by Crippen LogP contribution is -2.08. The molecule has 1 aromatic heterocycles. The van der Waals surface area contributed by atoms with Crippen molar-refractivity contribution in [3.8, 4) is 0 Å². The summed E-state index contributed by atoms with van der Waals surface area (Å²) in [5.41, 5.74) is 0.969. The molecule has 2 N–H and O–H groups in total. The number of hydrogen-bond acceptors (Lipinski definition) is 2. The van der Waals surface area contributed by atoms with E-state index in [0.717, 1.165) is 10.9 Å². The third-order valence-corrected chi connectivity index (χ3v) is 2.53. The Labute approximate surface area is 77.3 Å². The number of halogens is 1. The Morgan fingerprint density at radius 2 is 2.27 bits per heavy atom. The lowest BCUT2D eigenvalue weighted by molar-refractivity contribution is 0.863. The van der Waals surface area contributed by atoms with Crippen molar-refractivity contribution in [1.29, 1.82) is 0 Å². The van der Waals surface area contributed by atoms with Crippen LogP contribution in [0.4, 0.5) is 0 Å². The van der Waals surface area contributed by atoms with E-state index in [9.17, 15) is 0 Å². The molecule has 3 nitrogen and oxygen atoms in total. The summed E-state index contributed by atoms with van der Waals surface area (Å²) >= 11 is 2.26. The van der Waals surface area contributed by atoms with Gasteiger partial charge in [-0.15, -0.1) is 0 Å². The van der Waals surface area contributed by atoms with Crippen LogP contribution in [0, 0.1) is 3.57 Å². The highest BCUT2D eigenvalue weighted by atomic mass is 127. The minimum Gasteiger partial charge on any atom is -0.323 e.